The normalized spacial score (nSPS) is 10.6. The van der Waals surface area contributed by atoms with E-state index in [0.717, 1.165) is 5.56 Å². The quantitative estimate of drug-likeness (QED) is 0.287. The van der Waals surface area contributed by atoms with Crippen molar-refractivity contribution in [3.05, 3.63) is 59.8 Å². The molecule has 0 aliphatic rings. The molecule has 2 aromatic rings. The number of anilines is 1. The summed E-state index contributed by atoms with van der Waals surface area (Å²) in [5.41, 5.74) is 1.47. The molecule has 140 valence electrons. The Morgan fingerprint density at radius 1 is 1.15 bits per heavy atom. The number of nitrogens with zero attached hydrogens (tertiary/aromatic N) is 1. The number of amides is 1. The zero-order chi connectivity index (χ0) is 19.6. The molecule has 0 saturated carbocycles. The first-order valence-electron chi connectivity index (χ1n) is 8.22. The Hall–Kier alpha value is -3.66. The van der Waals surface area contributed by atoms with Crippen LogP contribution in [0.25, 0.3) is 0 Å². The minimum Gasteiger partial charge on any atom is -0.508 e. The molecule has 0 aliphatic heterocycles. The number of carbonyl (C=O) groups excluding carboxylic acids is 1. The zero-order valence-corrected chi connectivity index (χ0v) is 15.2. The van der Waals surface area contributed by atoms with E-state index in [1.807, 2.05) is 24.3 Å². The Morgan fingerprint density at radius 3 is 2.48 bits per heavy atom. The average Bonchev–Trinajstić information content (AvgIpc) is 2.69. The first-order valence-corrected chi connectivity index (χ1v) is 8.22. The van der Waals surface area contributed by atoms with Crippen molar-refractivity contribution >= 4 is 11.6 Å². The molecular weight excluding hydrogens is 346 g/mol. The van der Waals surface area contributed by atoms with Crippen LogP contribution in [0.2, 0.25) is 0 Å². The summed E-state index contributed by atoms with van der Waals surface area (Å²) in [5.74, 6) is 0.881. The molecule has 2 rings (SSSR count). The van der Waals surface area contributed by atoms with Crippen LogP contribution >= 0.6 is 0 Å². The molecule has 0 atom stereocenters. The molecule has 0 aliphatic carbocycles. The van der Waals surface area contributed by atoms with Crippen molar-refractivity contribution in [1.82, 2.24) is 5.32 Å². The molecule has 0 heterocycles. The van der Waals surface area contributed by atoms with Crippen LogP contribution in [0.3, 0.4) is 0 Å². The fourth-order valence-corrected chi connectivity index (χ4v) is 2.32. The second-order valence-corrected chi connectivity index (χ2v) is 5.56. The fourth-order valence-electron chi connectivity index (χ4n) is 2.32. The molecule has 2 aromatic carbocycles. The maximum atomic E-state index is 12.1. The van der Waals surface area contributed by atoms with Gasteiger partial charge >= 0.3 is 0 Å². The second kappa shape index (κ2) is 9.73. The number of benzene rings is 2. The number of phenols is 1. The molecule has 0 fully saturated rings. The van der Waals surface area contributed by atoms with Crippen molar-refractivity contribution in [2.45, 2.75) is 6.42 Å². The van der Waals surface area contributed by atoms with Gasteiger partial charge in [0.25, 0.3) is 5.91 Å². The molecular formula is C20H21N3O4. The topological polar surface area (TPSA) is 104 Å². The van der Waals surface area contributed by atoms with Gasteiger partial charge in [-0.1, -0.05) is 6.07 Å². The number of hydrogen-bond donors (Lipinski definition) is 3. The first kappa shape index (κ1) is 19.7. The number of phenolic OH excluding ortho intramolecular Hbond substituents is 1. The third-order valence-corrected chi connectivity index (χ3v) is 3.74. The van der Waals surface area contributed by atoms with Crippen molar-refractivity contribution in [3.63, 3.8) is 0 Å². The van der Waals surface area contributed by atoms with Gasteiger partial charge in [0.15, 0.2) is 11.5 Å². The highest BCUT2D eigenvalue weighted by Gasteiger charge is 2.09. The largest absolute Gasteiger partial charge is 0.508 e. The monoisotopic (exact) mass is 367 g/mol. The van der Waals surface area contributed by atoms with Gasteiger partial charge in [0.2, 0.25) is 0 Å². The van der Waals surface area contributed by atoms with Crippen LogP contribution in [0.5, 0.6) is 17.2 Å². The van der Waals surface area contributed by atoms with Crippen LogP contribution in [0.1, 0.15) is 5.56 Å². The van der Waals surface area contributed by atoms with Gasteiger partial charge in [0.1, 0.15) is 17.4 Å². The van der Waals surface area contributed by atoms with E-state index < -0.39 is 5.91 Å². The number of rotatable bonds is 8. The highest BCUT2D eigenvalue weighted by atomic mass is 16.5. The lowest BCUT2D eigenvalue weighted by atomic mass is 10.1. The number of aromatic hydroxyl groups is 1. The van der Waals surface area contributed by atoms with Crippen molar-refractivity contribution in [2.75, 3.05) is 26.1 Å². The predicted octanol–water partition coefficient (Wildman–Crippen LogP) is 2.59. The van der Waals surface area contributed by atoms with Gasteiger partial charge in [0, 0.05) is 18.4 Å². The molecule has 1 amide bonds. The van der Waals surface area contributed by atoms with Crippen LogP contribution in [-0.4, -0.2) is 31.8 Å². The maximum absolute atomic E-state index is 12.1. The predicted molar refractivity (Wildman–Crippen MR) is 102 cm³/mol. The molecule has 3 N–H and O–H groups in total. The Balaban J connectivity index is 1.90. The molecule has 0 radical (unpaired) electrons. The summed E-state index contributed by atoms with van der Waals surface area (Å²) in [6.07, 6.45) is 2.06. The van der Waals surface area contributed by atoms with Crippen LogP contribution in [0, 0.1) is 11.3 Å². The van der Waals surface area contributed by atoms with Gasteiger partial charge in [-0.15, -0.1) is 0 Å². The Kier molecular flexibility index (Phi) is 7.08. The van der Waals surface area contributed by atoms with Crippen molar-refractivity contribution < 1.29 is 19.4 Å². The summed E-state index contributed by atoms with van der Waals surface area (Å²) in [6, 6.07) is 13.5. The number of nitrogens with one attached hydrogen (secondary N) is 2. The second-order valence-electron chi connectivity index (χ2n) is 5.56. The van der Waals surface area contributed by atoms with Crippen molar-refractivity contribution in [3.8, 4) is 23.3 Å². The number of hydrogen-bond acceptors (Lipinski definition) is 6. The highest BCUT2D eigenvalue weighted by molar-refractivity contribution is 6.06. The lowest BCUT2D eigenvalue weighted by Crippen LogP contribution is -2.18. The van der Waals surface area contributed by atoms with E-state index in [9.17, 15) is 15.2 Å². The molecule has 0 aromatic heterocycles. The first-order chi connectivity index (χ1) is 13.1. The third-order valence-electron chi connectivity index (χ3n) is 3.74. The Morgan fingerprint density at radius 2 is 1.85 bits per heavy atom. The minimum atomic E-state index is -0.526. The molecule has 0 saturated heterocycles. The molecule has 7 nitrogen and oxygen atoms in total. The Labute approximate surface area is 157 Å². The molecule has 0 spiro atoms. The Bertz CT molecular complexity index is 855. The summed E-state index contributed by atoms with van der Waals surface area (Å²) in [7, 11) is 3.16. The number of nitriles is 1. The highest BCUT2D eigenvalue weighted by Crippen LogP contribution is 2.27. The van der Waals surface area contributed by atoms with Crippen molar-refractivity contribution in [2.24, 2.45) is 0 Å². The molecule has 7 heteroatoms. The van der Waals surface area contributed by atoms with Crippen LogP contribution in [0.15, 0.2) is 54.2 Å². The zero-order valence-electron chi connectivity index (χ0n) is 15.2. The number of ether oxygens (including phenoxy) is 2. The van der Waals surface area contributed by atoms with E-state index in [2.05, 4.69) is 10.6 Å². The summed E-state index contributed by atoms with van der Waals surface area (Å²) < 4.78 is 10.5. The van der Waals surface area contributed by atoms with Crippen LogP contribution < -0.4 is 20.1 Å². The lowest BCUT2D eigenvalue weighted by Gasteiger charge is -2.09. The maximum Gasteiger partial charge on any atom is 0.267 e. The molecule has 0 bridgehead atoms. The van der Waals surface area contributed by atoms with Gasteiger partial charge in [-0.3, -0.25) is 4.79 Å². The summed E-state index contributed by atoms with van der Waals surface area (Å²) in [6.45, 7) is 0.535. The lowest BCUT2D eigenvalue weighted by molar-refractivity contribution is -0.112. The summed E-state index contributed by atoms with van der Waals surface area (Å²) in [4.78, 5) is 12.1. The van der Waals surface area contributed by atoms with Gasteiger partial charge < -0.3 is 25.2 Å². The molecule has 0 unspecified atom stereocenters. The van der Waals surface area contributed by atoms with E-state index >= 15 is 0 Å². The molecule has 27 heavy (non-hydrogen) atoms. The van der Waals surface area contributed by atoms with E-state index in [-0.39, 0.29) is 11.3 Å². The van der Waals surface area contributed by atoms with E-state index in [0.29, 0.717) is 30.2 Å². The van der Waals surface area contributed by atoms with Crippen molar-refractivity contribution in [1.29, 1.82) is 5.26 Å². The van der Waals surface area contributed by atoms with Gasteiger partial charge in [-0.2, -0.15) is 5.26 Å². The summed E-state index contributed by atoms with van der Waals surface area (Å²) in [5, 5.41) is 24.0. The van der Waals surface area contributed by atoms with Gasteiger partial charge in [-0.25, -0.2) is 0 Å². The fraction of sp³-hybridized carbons (Fsp3) is 0.200. The standard InChI is InChI=1S/C20H21N3O4/c1-26-18-8-3-14(11-19(18)27-2)9-10-22-13-15(12-21)20(25)23-16-4-6-17(24)7-5-16/h3-8,11,13,22,24H,9-10H2,1-2H3,(H,23,25)/b15-13-. The van der Waals surface area contributed by atoms with E-state index in [4.69, 9.17) is 9.47 Å². The van der Waals surface area contributed by atoms with Gasteiger partial charge in [-0.05, 0) is 48.4 Å². The van der Waals surface area contributed by atoms with Crippen LogP contribution in [0.4, 0.5) is 5.69 Å². The number of methoxy groups -OCH3 is 2. The average molecular weight is 367 g/mol. The van der Waals surface area contributed by atoms with E-state index in [1.165, 1.54) is 18.3 Å². The SMILES string of the molecule is COc1ccc(CCN/C=C(/C#N)C(=O)Nc2ccc(O)cc2)cc1OC. The third kappa shape index (κ3) is 5.68. The minimum absolute atomic E-state index is 0.0459. The smallest absolute Gasteiger partial charge is 0.267 e. The summed E-state index contributed by atoms with van der Waals surface area (Å²) >= 11 is 0. The van der Waals surface area contributed by atoms with Crippen LogP contribution in [-0.2, 0) is 11.2 Å². The van der Waals surface area contributed by atoms with E-state index in [1.54, 1.807) is 26.4 Å². The number of carbonyl (C=O) groups is 1. The van der Waals surface area contributed by atoms with Gasteiger partial charge in [0.05, 0.1) is 14.2 Å².